The molecule has 0 saturated carbocycles. The van der Waals surface area contributed by atoms with Crippen molar-refractivity contribution in [1.82, 2.24) is 0 Å². The third kappa shape index (κ3) is 3.32. The van der Waals surface area contributed by atoms with Crippen LogP contribution in [0.1, 0.15) is 27.4 Å². The van der Waals surface area contributed by atoms with Crippen LogP contribution in [0.3, 0.4) is 0 Å². The zero-order valence-corrected chi connectivity index (χ0v) is 13.0. The van der Waals surface area contributed by atoms with Gasteiger partial charge >= 0.3 is 0 Å². The minimum absolute atomic E-state index is 0.0990. The number of ketones is 1. The molecule has 0 N–H and O–H groups in total. The molecule has 0 bridgehead atoms. The molecule has 0 aromatic heterocycles. The van der Waals surface area contributed by atoms with Gasteiger partial charge in [0.05, 0.1) is 13.0 Å². The number of ether oxygens (including phenoxy) is 1. The molecule has 0 heterocycles. The number of Topliss-reactive ketones (excluding diaryl/α,β-unsaturated/α-hetero) is 1. The Labute approximate surface area is 136 Å². The summed E-state index contributed by atoms with van der Waals surface area (Å²) in [5.74, 6) is 0.569. The highest BCUT2D eigenvalue weighted by molar-refractivity contribution is 6.03. The predicted octanol–water partition coefficient (Wildman–Crippen LogP) is 4.71. The highest BCUT2D eigenvalue weighted by atomic mass is 16.5. The monoisotopic (exact) mass is 302 g/mol. The third-order valence-electron chi connectivity index (χ3n) is 3.90. The van der Waals surface area contributed by atoms with Crippen LogP contribution in [0, 0.1) is 0 Å². The maximum atomic E-state index is 13.1. The molecule has 0 aliphatic heterocycles. The molecule has 2 nitrogen and oxygen atoms in total. The van der Waals surface area contributed by atoms with E-state index in [0.717, 1.165) is 22.4 Å². The van der Waals surface area contributed by atoms with Gasteiger partial charge in [0, 0.05) is 5.56 Å². The van der Waals surface area contributed by atoms with Crippen LogP contribution < -0.4 is 4.74 Å². The average Bonchev–Trinajstić information content (AvgIpc) is 2.64. The first-order valence-corrected chi connectivity index (χ1v) is 7.58. The van der Waals surface area contributed by atoms with Gasteiger partial charge in [-0.05, 0) is 23.3 Å². The summed E-state index contributed by atoms with van der Waals surface area (Å²) in [5, 5.41) is 0. The Bertz CT molecular complexity index is 762. The summed E-state index contributed by atoms with van der Waals surface area (Å²) < 4.78 is 5.21. The lowest BCUT2D eigenvalue weighted by molar-refractivity contribution is 0.0974. The molecule has 114 valence electrons. The first-order chi connectivity index (χ1) is 11.3. The molecule has 3 rings (SSSR count). The average molecular weight is 302 g/mol. The first kappa shape index (κ1) is 15.0. The Morgan fingerprint density at radius 1 is 0.739 bits per heavy atom. The molecule has 3 aromatic rings. The second-order valence-electron chi connectivity index (χ2n) is 5.35. The van der Waals surface area contributed by atoms with Crippen molar-refractivity contribution < 1.29 is 9.53 Å². The quantitative estimate of drug-likeness (QED) is 0.638. The van der Waals surface area contributed by atoms with Crippen LogP contribution in [0.2, 0.25) is 0 Å². The zero-order chi connectivity index (χ0) is 16.1. The summed E-state index contributed by atoms with van der Waals surface area (Å²) in [6.07, 6.45) is 0. The lowest BCUT2D eigenvalue weighted by Crippen LogP contribution is -2.14. The predicted molar refractivity (Wildman–Crippen MR) is 92.1 cm³/mol. The summed E-state index contributed by atoms with van der Waals surface area (Å²) >= 11 is 0. The van der Waals surface area contributed by atoms with Crippen molar-refractivity contribution in [2.24, 2.45) is 0 Å². The molecule has 1 atom stereocenters. The molecule has 0 fully saturated rings. The van der Waals surface area contributed by atoms with Gasteiger partial charge in [-0.1, -0.05) is 72.8 Å². The van der Waals surface area contributed by atoms with Crippen LogP contribution in [0.15, 0.2) is 84.9 Å². The molecule has 0 radical (unpaired) electrons. The highest BCUT2D eigenvalue weighted by Gasteiger charge is 2.23. The molecule has 2 heteroatoms. The van der Waals surface area contributed by atoms with Crippen LogP contribution in [0.5, 0.6) is 5.75 Å². The van der Waals surface area contributed by atoms with Crippen LogP contribution in [0.4, 0.5) is 0 Å². The number of benzene rings is 3. The van der Waals surface area contributed by atoms with Gasteiger partial charge in [0.25, 0.3) is 0 Å². The summed E-state index contributed by atoms with van der Waals surface area (Å²) in [6, 6.07) is 27.0. The fourth-order valence-electron chi connectivity index (χ4n) is 2.71. The zero-order valence-electron chi connectivity index (χ0n) is 13.0. The van der Waals surface area contributed by atoms with Crippen molar-refractivity contribution in [3.8, 4) is 5.75 Å². The van der Waals surface area contributed by atoms with Crippen LogP contribution in [-0.4, -0.2) is 12.9 Å². The molecule has 0 saturated heterocycles. The molecule has 23 heavy (non-hydrogen) atoms. The van der Waals surface area contributed by atoms with Crippen molar-refractivity contribution >= 4 is 5.78 Å². The highest BCUT2D eigenvalue weighted by Crippen LogP contribution is 2.29. The largest absolute Gasteiger partial charge is 0.497 e. The Kier molecular flexibility index (Phi) is 4.53. The summed E-state index contributed by atoms with van der Waals surface area (Å²) in [6.45, 7) is 0. The smallest absolute Gasteiger partial charge is 0.174 e. The van der Waals surface area contributed by atoms with Gasteiger partial charge < -0.3 is 4.74 Å². The summed E-state index contributed by atoms with van der Waals surface area (Å²) in [7, 11) is 1.64. The molecular weight excluding hydrogens is 284 g/mol. The minimum atomic E-state index is -0.315. The van der Waals surface area contributed by atoms with E-state index in [1.807, 2.05) is 84.9 Å². The van der Waals surface area contributed by atoms with Gasteiger partial charge in [-0.25, -0.2) is 0 Å². The van der Waals surface area contributed by atoms with Crippen molar-refractivity contribution in [3.63, 3.8) is 0 Å². The molecule has 0 aliphatic rings. The van der Waals surface area contributed by atoms with Crippen molar-refractivity contribution in [3.05, 3.63) is 102 Å². The Balaban J connectivity index is 2.05. The number of hydrogen-bond acceptors (Lipinski definition) is 2. The van der Waals surface area contributed by atoms with E-state index in [-0.39, 0.29) is 11.7 Å². The van der Waals surface area contributed by atoms with E-state index in [1.54, 1.807) is 7.11 Å². The standard InChI is InChI=1S/C21H18O2/c1-23-19-14-12-17(13-15-19)20(16-8-4-2-5-9-16)21(22)18-10-6-3-7-11-18/h2-15,20H,1H3. The summed E-state index contributed by atoms with van der Waals surface area (Å²) in [4.78, 5) is 13.1. The number of carbonyl (C=O) groups is 1. The minimum Gasteiger partial charge on any atom is -0.497 e. The lowest BCUT2D eigenvalue weighted by atomic mass is 9.85. The van der Waals surface area contributed by atoms with Gasteiger partial charge in [0.1, 0.15) is 5.75 Å². The van der Waals surface area contributed by atoms with Crippen molar-refractivity contribution in [2.75, 3.05) is 7.11 Å². The van der Waals surface area contributed by atoms with E-state index in [9.17, 15) is 4.79 Å². The Morgan fingerprint density at radius 2 is 1.26 bits per heavy atom. The van der Waals surface area contributed by atoms with E-state index in [2.05, 4.69) is 0 Å². The molecule has 3 aromatic carbocycles. The maximum absolute atomic E-state index is 13.1. The van der Waals surface area contributed by atoms with Crippen LogP contribution >= 0.6 is 0 Å². The fourth-order valence-corrected chi connectivity index (χ4v) is 2.71. The first-order valence-electron chi connectivity index (χ1n) is 7.58. The molecule has 0 amide bonds. The Hall–Kier alpha value is -2.87. The topological polar surface area (TPSA) is 26.3 Å². The fraction of sp³-hybridized carbons (Fsp3) is 0.0952. The normalized spacial score (nSPS) is 11.7. The van der Waals surface area contributed by atoms with E-state index in [1.165, 1.54) is 0 Å². The van der Waals surface area contributed by atoms with Gasteiger partial charge in [0.15, 0.2) is 5.78 Å². The van der Waals surface area contributed by atoms with E-state index < -0.39 is 0 Å². The number of carbonyl (C=O) groups excluding carboxylic acids is 1. The number of rotatable bonds is 5. The molecular formula is C21H18O2. The Morgan fingerprint density at radius 3 is 1.83 bits per heavy atom. The van der Waals surface area contributed by atoms with E-state index in [0.29, 0.717) is 0 Å². The van der Waals surface area contributed by atoms with Gasteiger partial charge in [-0.2, -0.15) is 0 Å². The molecule has 1 unspecified atom stereocenters. The van der Waals surface area contributed by atoms with Gasteiger partial charge in [-0.3, -0.25) is 4.79 Å². The summed E-state index contributed by atoms with van der Waals surface area (Å²) in [5.41, 5.74) is 2.68. The maximum Gasteiger partial charge on any atom is 0.174 e. The SMILES string of the molecule is COc1ccc(C(C(=O)c2ccccc2)c2ccccc2)cc1. The number of methoxy groups -OCH3 is 1. The van der Waals surface area contributed by atoms with E-state index in [4.69, 9.17) is 4.74 Å². The third-order valence-corrected chi connectivity index (χ3v) is 3.90. The lowest BCUT2D eigenvalue weighted by Gasteiger charge is -2.17. The molecule has 0 aliphatic carbocycles. The number of hydrogen-bond donors (Lipinski definition) is 0. The second kappa shape index (κ2) is 6.93. The van der Waals surface area contributed by atoms with Crippen molar-refractivity contribution in [1.29, 1.82) is 0 Å². The van der Waals surface area contributed by atoms with Gasteiger partial charge in [0.2, 0.25) is 0 Å². The second-order valence-corrected chi connectivity index (χ2v) is 5.35. The van der Waals surface area contributed by atoms with Crippen LogP contribution in [0.25, 0.3) is 0 Å². The molecule has 0 spiro atoms. The van der Waals surface area contributed by atoms with Gasteiger partial charge in [-0.15, -0.1) is 0 Å². The van der Waals surface area contributed by atoms with Crippen LogP contribution in [-0.2, 0) is 0 Å². The van der Waals surface area contributed by atoms with Crippen molar-refractivity contribution in [2.45, 2.75) is 5.92 Å². The van der Waals surface area contributed by atoms with E-state index >= 15 is 0 Å².